The van der Waals surface area contributed by atoms with Crippen LogP contribution in [0.2, 0.25) is 5.02 Å². The number of amides is 1. The minimum atomic E-state index is -0.426. The van der Waals surface area contributed by atoms with Crippen LogP contribution in [-0.4, -0.2) is 12.5 Å². The summed E-state index contributed by atoms with van der Waals surface area (Å²) in [5.74, 6) is -0.738. The fraction of sp³-hybridized carbons (Fsp3) is 0.0714. The number of anilines is 2. The van der Waals surface area contributed by atoms with Crippen LogP contribution in [0.25, 0.3) is 0 Å². The lowest BCUT2D eigenvalue weighted by Gasteiger charge is -2.10. The maximum Gasteiger partial charge on any atom is 0.243 e. The van der Waals surface area contributed by atoms with E-state index in [-0.39, 0.29) is 18.1 Å². The molecule has 20 heavy (non-hydrogen) atoms. The lowest BCUT2D eigenvalue weighted by atomic mass is 10.3. The standard InChI is InChI=1S/C14H11BrClFN2O/c15-9-4-3-6-11(17)14(9)18-8-13(20)19-12-7-2-1-5-10(12)16/h1-7,18H,8H2,(H,19,20). The predicted octanol–water partition coefficient (Wildman–Crippen LogP) is 4.29. The Morgan fingerprint density at radius 3 is 2.65 bits per heavy atom. The maximum atomic E-state index is 13.5. The lowest BCUT2D eigenvalue weighted by Crippen LogP contribution is -2.22. The molecular weight excluding hydrogens is 347 g/mol. The molecule has 104 valence electrons. The summed E-state index contributed by atoms with van der Waals surface area (Å²) in [5.41, 5.74) is 0.773. The first-order valence-electron chi connectivity index (χ1n) is 5.80. The van der Waals surface area contributed by atoms with E-state index in [1.807, 2.05) is 0 Å². The zero-order valence-corrected chi connectivity index (χ0v) is 12.6. The molecule has 3 nitrogen and oxygen atoms in total. The molecule has 0 saturated heterocycles. The van der Waals surface area contributed by atoms with Crippen molar-refractivity contribution < 1.29 is 9.18 Å². The van der Waals surface area contributed by atoms with Gasteiger partial charge in [0.2, 0.25) is 5.91 Å². The van der Waals surface area contributed by atoms with Gasteiger partial charge in [0.15, 0.2) is 0 Å². The Bertz CT molecular complexity index is 616. The van der Waals surface area contributed by atoms with E-state index in [2.05, 4.69) is 26.6 Å². The highest BCUT2D eigenvalue weighted by Crippen LogP contribution is 2.25. The SMILES string of the molecule is O=C(CNc1c(F)cccc1Br)Nc1ccccc1Cl. The monoisotopic (exact) mass is 356 g/mol. The van der Waals surface area contributed by atoms with Gasteiger partial charge in [-0.15, -0.1) is 0 Å². The van der Waals surface area contributed by atoms with Crippen LogP contribution in [0.15, 0.2) is 46.9 Å². The van der Waals surface area contributed by atoms with Crippen LogP contribution >= 0.6 is 27.5 Å². The Balaban J connectivity index is 1.98. The minimum absolute atomic E-state index is 0.0647. The summed E-state index contributed by atoms with van der Waals surface area (Å²) in [6.07, 6.45) is 0. The van der Waals surface area contributed by atoms with Crippen molar-refractivity contribution in [3.63, 3.8) is 0 Å². The summed E-state index contributed by atoms with van der Waals surface area (Å²) in [6.45, 7) is -0.0647. The molecule has 0 aromatic heterocycles. The second-order valence-corrected chi connectivity index (χ2v) is 5.24. The van der Waals surface area contributed by atoms with Crippen LogP contribution in [0.1, 0.15) is 0 Å². The van der Waals surface area contributed by atoms with Crippen molar-refractivity contribution in [2.75, 3.05) is 17.2 Å². The fourth-order valence-electron chi connectivity index (χ4n) is 1.59. The number of carbonyl (C=O) groups is 1. The van der Waals surface area contributed by atoms with Crippen molar-refractivity contribution in [3.05, 3.63) is 57.8 Å². The van der Waals surface area contributed by atoms with E-state index in [4.69, 9.17) is 11.6 Å². The van der Waals surface area contributed by atoms with Crippen molar-refractivity contribution >= 4 is 44.8 Å². The van der Waals surface area contributed by atoms with Gasteiger partial charge in [0.1, 0.15) is 5.82 Å². The van der Waals surface area contributed by atoms with E-state index in [1.54, 1.807) is 36.4 Å². The van der Waals surface area contributed by atoms with E-state index in [0.29, 0.717) is 15.2 Å². The van der Waals surface area contributed by atoms with Gasteiger partial charge in [0, 0.05) is 4.47 Å². The van der Waals surface area contributed by atoms with E-state index in [9.17, 15) is 9.18 Å². The topological polar surface area (TPSA) is 41.1 Å². The molecule has 0 unspecified atom stereocenters. The number of hydrogen-bond donors (Lipinski definition) is 2. The summed E-state index contributed by atoms with van der Waals surface area (Å²) >= 11 is 9.15. The molecule has 0 bridgehead atoms. The van der Waals surface area contributed by atoms with E-state index in [1.165, 1.54) is 6.07 Å². The van der Waals surface area contributed by atoms with E-state index < -0.39 is 5.82 Å². The van der Waals surface area contributed by atoms with Crippen LogP contribution < -0.4 is 10.6 Å². The second kappa shape index (κ2) is 6.72. The van der Waals surface area contributed by atoms with Crippen molar-refractivity contribution in [1.82, 2.24) is 0 Å². The van der Waals surface area contributed by atoms with Gasteiger partial charge in [-0.1, -0.05) is 29.8 Å². The summed E-state index contributed by atoms with van der Waals surface area (Å²) in [5, 5.41) is 5.84. The molecule has 0 radical (unpaired) electrons. The zero-order valence-electron chi connectivity index (χ0n) is 10.3. The van der Waals surface area contributed by atoms with E-state index >= 15 is 0 Å². The van der Waals surface area contributed by atoms with Gasteiger partial charge in [-0.05, 0) is 40.2 Å². The Labute approximate surface area is 129 Å². The molecule has 0 fully saturated rings. The van der Waals surface area contributed by atoms with Gasteiger partial charge < -0.3 is 10.6 Å². The van der Waals surface area contributed by atoms with Crippen LogP contribution in [0.4, 0.5) is 15.8 Å². The van der Waals surface area contributed by atoms with Gasteiger partial charge >= 0.3 is 0 Å². The average molecular weight is 358 g/mol. The summed E-state index contributed by atoms with van der Waals surface area (Å²) in [7, 11) is 0. The minimum Gasteiger partial charge on any atom is -0.373 e. The molecule has 2 aromatic carbocycles. The third-order valence-electron chi connectivity index (χ3n) is 2.54. The van der Waals surface area contributed by atoms with Crippen LogP contribution in [-0.2, 0) is 4.79 Å². The van der Waals surface area contributed by atoms with Crippen LogP contribution in [0.5, 0.6) is 0 Å². The van der Waals surface area contributed by atoms with Gasteiger partial charge in [-0.3, -0.25) is 4.79 Å². The number of nitrogens with one attached hydrogen (secondary N) is 2. The highest BCUT2D eigenvalue weighted by atomic mass is 79.9. The first-order chi connectivity index (χ1) is 9.58. The number of halogens is 3. The summed E-state index contributed by atoms with van der Waals surface area (Å²) in [4.78, 5) is 11.8. The molecule has 0 aliphatic carbocycles. The Kier molecular flexibility index (Phi) is 4.98. The smallest absolute Gasteiger partial charge is 0.243 e. The lowest BCUT2D eigenvalue weighted by molar-refractivity contribution is -0.114. The van der Waals surface area contributed by atoms with Gasteiger partial charge in [-0.2, -0.15) is 0 Å². The Hall–Kier alpha value is -1.59. The molecule has 2 N–H and O–H groups in total. The quantitative estimate of drug-likeness (QED) is 0.857. The highest BCUT2D eigenvalue weighted by molar-refractivity contribution is 9.10. The molecule has 0 saturated carbocycles. The van der Waals surface area contributed by atoms with E-state index in [0.717, 1.165) is 0 Å². The van der Waals surface area contributed by atoms with Crippen molar-refractivity contribution in [3.8, 4) is 0 Å². The largest absolute Gasteiger partial charge is 0.373 e. The molecule has 0 heterocycles. The molecule has 0 atom stereocenters. The molecule has 0 spiro atoms. The number of hydrogen-bond acceptors (Lipinski definition) is 2. The molecular formula is C14H11BrClFN2O. The predicted molar refractivity (Wildman–Crippen MR) is 82.7 cm³/mol. The van der Waals surface area contributed by atoms with Crippen molar-refractivity contribution in [2.45, 2.75) is 0 Å². The number of carbonyl (C=O) groups excluding carboxylic acids is 1. The maximum absolute atomic E-state index is 13.5. The first kappa shape index (κ1) is 14.8. The molecule has 6 heteroatoms. The Morgan fingerprint density at radius 1 is 1.20 bits per heavy atom. The summed E-state index contributed by atoms with van der Waals surface area (Å²) in [6, 6.07) is 11.5. The molecule has 0 aliphatic rings. The van der Waals surface area contributed by atoms with Gasteiger partial charge in [-0.25, -0.2) is 4.39 Å². The van der Waals surface area contributed by atoms with Crippen molar-refractivity contribution in [1.29, 1.82) is 0 Å². The molecule has 2 aromatic rings. The highest BCUT2D eigenvalue weighted by Gasteiger charge is 2.09. The number of para-hydroxylation sites is 2. The van der Waals surface area contributed by atoms with Crippen molar-refractivity contribution in [2.24, 2.45) is 0 Å². The molecule has 1 amide bonds. The second-order valence-electron chi connectivity index (χ2n) is 3.98. The number of rotatable bonds is 4. The number of benzene rings is 2. The third kappa shape index (κ3) is 3.71. The summed E-state index contributed by atoms with van der Waals surface area (Å²) < 4.78 is 14.1. The zero-order chi connectivity index (χ0) is 14.5. The van der Waals surface area contributed by atoms with Gasteiger partial charge in [0.25, 0.3) is 0 Å². The third-order valence-corrected chi connectivity index (χ3v) is 3.53. The average Bonchev–Trinajstić information content (AvgIpc) is 2.41. The van der Waals surface area contributed by atoms with Crippen LogP contribution in [0, 0.1) is 5.82 Å². The Morgan fingerprint density at radius 2 is 1.95 bits per heavy atom. The molecule has 2 rings (SSSR count). The normalized spacial score (nSPS) is 10.2. The van der Waals surface area contributed by atoms with Crippen LogP contribution in [0.3, 0.4) is 0 Å². The van der Waals surface area contributed by atoms with Gasteiger partial charge in [0.05, 0.1) is 22.9 Å². The first-order valence-corrected chi connectivity index (χ1v) is 6.97. The molecule has 0 aliphatic heterocycles. The fourth-order valence-corrected chi connectivity index (χ4v) is 2.26.